The Morgan fingerprint density at radius 1 is 1.32 bits per heavy atom. The number of nitrogens with two attached hydrogens (primary N) is 1. The third-order valence-corrected chi connectivity index (χ3v) is 3.01. The highest BCUT2D eigenvalue weighted by atomic mass is 19.4. The number of imidazole rings is 1. The largest absolute Gasteiger partial charge is 0.416 e. The summed E-state index contributed by atoms with van der Waals surface area (Å²) in [5.41, 5.74) is 5.27. The SMILES string of the molecule is [C-]#[N+]Cn1c(-c2nonc2N)nc2cc(C(F)(F)F)ccc21. The molecule has 0 aliphatic rings. The third-order valence-electron chi connectivity index (χ3n) is 3.01. The van der Waals surface area contributed by atoms with Crippen molar-refractivity contribution in [3.63, 3.8) is 0 Å². The predicted octanol–water partition coefficient (Wildman–Crippen LogP) is 2.56. The molecule has 0 saturated heterocycles. The van der Waals surface area contributed by atoms with Crippen molar-refractivity contribution in [3.05, 3.63) is 35.2 Å². The van der Waals surface area contributed by atoms with E-state index in [4.69, 9.17) is 12.3 Å². The lowest BCUT2D eigenvalue weighted by atomic mass is 10.2. The average molecular weight is 308 g/mol. The standard InChI is InChI=1S/C12H7F3N6O/c1-17-5-21-8-3-2-6(12(13,14)15)4-7(8)18-11(21)9-10(16)20-22-19-9/h2-4H,5H2,(H2,16,20). The lowest BCUT2D eigenvalue weighted by molar-refractivity contribution is -0.137. The van der Waals surface area contributed by atoms with Crippen LogP contribution in [0.15, 0.2) is 22.8 Å². The second kappa shape index (κ2) is 4.73. The number of nitrogen functional groups attached to an aromatic ring is 1. The van der Waals surface area contributed by atoms with Crippen LogP contribution in [0.3, 0.4) is 0 Å². The number of benzene rings is 1. The second-order valence-electron chi connectivity index (χ2n) is 4.36. The molecule has 2 N–H and O–H groups in total. The Balaban J connectivity index is 2.27. The van der Waals surface area contributed by atoms with Crippen molar-refractivity contribution in [1.82, 2.24) is 19.9 Å². The maximum Gasteiger partial charge on any atom is 0.416 e. The minimum atomic E-state index is -4.48. The van der Waals surface area contributed by atoms with Gasteiger partial charge in [-0.15, -0.1) is 0 Å². The molecule has 0 atom stereocenters. The number of alkyl halides is 3. The summed E-state index contributed by atoms with van der Waals surface area (Å²) in [7, 11) is 0. The Hall–Kier alpha value is -3.09. The summed E-state index contributed by atoms with van der Waals surface area (Å²) in [4.78, 5) is 7.32. The fourth-order valence-electron chi connectivity index (χ4n) is 2.05. The zero-order valence-corrected chi connectivity index (χ0v) is 10.8. The molecule has 2 aromatic heterocycles. The molecule has 22 heavy (non-hydrogen) atoms. The van der Waals surface area contributed by atoms with Crippen molar-refractivity contribution < 1.29 is 17.8 Å². The normalized spacial score (nSPS) is 11.7. The Labute approximate surface area is 120 Å². The molecule has 112 valence electrons. The molecular formula is C12H7F3N6O. The van der Waals surface area contributed by atoms with Gasteiger partial charge in [-0.3, -0.25) is 9.41 Å². The molecule has 2 heterocycles. The van der Waals surface area contributed by atoms with Gasteiger partial charge in [0.15, 0.2) is 17.3 Å². The summed E-state index contributed by atoms with van der Waals surface area (Å²) in [5, 5.41) is 6.98. The molecule has 0 unspecified atom stereocenters. The van der Waals surface area contributed by atoms with E-state index in [0.717, 1.165) is 12.1 Å². The Kier molecular flexibility index (Phi) is 2.98. The first kappa shape index (κ1) is 13.9. The number of hydrogen-bond donors (Lipinski definition) is 1. The van der Waals surface area contributed by atoms with E-state index in [1.54, 1.807) is 0 Å². The van der Waals surface area contributed by atoms with E-state index in [0.29, 0.717) is 5.52 Å². The van der Waals surface area contributed by atoms with Crippen LogP contribution >= 0.6 is 0 Å². The highest BCUT2D eigenvalue weighted by Gasteiger charge is 2.31. The van der Waals surface area contributed by atoms with Crippen molar-refractivity contribution in [2.45, 2.75) is 12.8 Å². The number of rotatable bonds is 2. The zero-order chi connectivity index (χ0) is 15.9. The Morgan fingerprint density at radius 3 is 2.68 bits per heavy atom. The molecule has 0 bridgehead atoms. The molecule has 3 aromatic rings. The monoisotopic (exact) mass is 308 g/mol. The fraction of sp³-hybridized carbons (Fsp3) is 0.167. The molecule has 0 aliphatic heterocycles. The molecular weight excluding hydrogens is 301 g/mol. The van der Waals surface area contributed by atoms with Gasteiger partial charge in [-0.1, -0.05) is 0 Å². The number of anilines is 1. The number of hydrogen-bond acceptors (Lipinski definition) is 5. The predicted molar refractivity (Wildman–Crippen MR) is 69.0 cm³/mol. The van der Waals surface area contributed by atoms with Crippen molar-refractivity contribution >= 4 is 16.9 Å². The van der Waals surface area contributed by atoms with Crippen molar-refractivity contribution in [2.24, 2.45) is 0 Å². The summed E-state index contributed by atoms with van der Waals surface area (Å²) in [5.74, 6) is 0.0710. The smallest absolute Gasteiger partial charge is 0.379 e. The van der Waals surface area contributed by atoms with E-state index < -0.39 is 11.7 Å². The molecule has 0 fully saturated rings. The highest BCUT2D eigenvalue weighted by Crippen LogP contribution is 2.33. The van der Waals surface area contributed by atoms with Crippen LogP contribution < -0.4 is 5.73 Å². The van der Waals surface area contributed by atoms with Gasteiger partial charge >= 0.3 is 6.18 Å². The third kappa shape index (κ3) is 2.12. The topological polar surface area (TPSA) is 87.1 Å². The van der Waals surface area contributed by atoms with Crippen LogP contribution in [0, 0.1) is 6.57 Å². The molecule has 7 nitrogen and oxygen atoms in total. The van der Waals surface area contributed by atoms with E-state index in [9.17, 15) is 13.2 Å². The first-order valence-corrected chi connectivity index (χ1v) is 5.91. The number of nitrogens with zero attached hydrogens (tertiary/aromatic N) is 5. The maximum atomic E-state index is 12.8. The van der Waals surface area contributed by atoms with E-state index >= 15 is 0 Å². The van der Waals surface area contributed by atoms with Crippen LogP contribution in [0.2, 0.25) is 0 Å². The molecule has 10 heteroatoms. The molecule has 0 spiro atoms. The van der Waals surface area contributed by atoms with Crippen LogP contribution in [0.4, 0.5) is 19.0 Å². The van der Waals surface area contributed by atoms with Gasteiger partial charge in [0.25, 0.3) is 6.67 Å². The van der Waals surface area contributed by atoms with Crippen LogP contribution in [0.25, 0.3) is 27.4 Å². The molecule has 3 rings (SSSR count). The fourth-order valence-corrected chi connectivity index (χ4v) is 2.05. The summed E-state index contributed by atoms with van der Waals surface area (Å²) in [6.45, 7) is 6.83. The van der Waals surface area contributed by atoms with Crippen LogP contribution in [-0.4, -0.2) is 19.9 Å². The zero-order valence-electron chi connectivity index (χ0n) is 10.8. The molecule has 0 saturated carbocycles. The first-order chi connectivity index (χ1) is 10.4. The Bertz CT molecular complexity index is 889. The van der Waals surface area contributed by atoms with Crippen LogP contribution in [0.5, 0.6) is 0 Å². The van der Waals surface area contributed by atoms with Gasteiger partial charge in [-0.25, -0.2) is 16.2 Å². The lowest BCUT2D eigenvalue weighted by Crippen LogP contribution is -2.04. The highest BCUT2D eigenvalue weighted by molar-refractivity contribution is 5.82. The minimum absolute atomic E-state index is 0.0578. The van der Waals surface area contributed by atoms with Gasteiger partial charge < -0.3 is 5.73 Å². The average Bonchev–Trinajstić information content (AvgIpc) is 3.02. The van der Waals surface area contributed by atoms with Crippen molar-refractivity contribution in [3.8, 4) is 11.5 Å². The number of halogens is 3. The van der Waals surface area contributed by atoms with Gasteiger partial charge in [-0.2, -0.15) is 13.2 Å². The molecule has 0 radical (unpaired) electrons. The maximum absolute atomic E-state index is 12.8. The second-order valence-corrected chi connectivity index (χ2v) is 4.36. The minimum Gasteiger partial charge on any atom is -0.379 e. The lowest BCUT2D eigenvalue weighted by Gasteiger charge is -2.05. The molecule has 0 aliphatic carbocycles. The van der Waals surface area contributed by atoms with E-state index in [1.165, 1.54) is 10.6 Å². The first-order valence-electron chi connectivity index (χ1n) is 5.91. The van der Waals surface area contributed by atoms with Gasteiger partial charge in [0.05, 0.1) is 16.6 Å². The van der Waals surface area contributed by atoms with Gasteiger partial charge in [0, 0.05) is 0 Å². The molecule has 0 amide bonds. The van der Waals surface area contributed by atoms with Gasteiger partial charge in [0.2, 0.25) is 0 Å². The number of fused-ring (bicyclic) bond motifs is 1. The van der Waals surface area contributed by atoms with Gasteiger partial charge in [-0.05, 0) is 28.5 Å². The van der Waals surface area contributed by atoms with Crippen LogP contribution in [-0.2, 0) is 12.8 Å². The van der Waals surface area contributed by atoms with Gasteiger partial charge in [0.1, 0.15) is 0 Å². The van der Waals surface area contributed by atoms with Crippen LogP contribution in [0.1, 0.15) is 5.56 Å². The number of aromatic nitrogens is 4. The van der Waals surface area contributed by atoms with E-state index in [-0.39, 0.29) is 29.5 Å². The van der Waals surface area contributed by atoms with E-state index in [2.05, 4.69) is 24.8 Å². The summed E-state index contributed by atoms with van der Waals surface area (Å²) >= 11 is 0. The summed E-state index contributed by atoms with van der Waals surface area (Å²) < 4.78 is 44.2. The molecule has 1 aromatic carbocycles. The quantitative estimate of drug-likeness (QED) is 0.735. The van der Waals surface area contributed by atoms with E-state index in [1.807, 2.05) is 0 Å². The Morgan fingerprint density at radius 2 is 2.09 bits per heavy atom. The van der Waals surface area contributed by atoms with Crippen molar-refractivity contribution in [2.75, 3.05) is 5.73 Å². The summed E-state index contributed by atoms with van der Waals surface area (Å²) in [6.07, 6.45) is -4.48. The van der Waals surface area contributed by atoms with Crippen molar-refractivity contribution in [1.29, 1.82) is 0 Å². The summed E-state index contributed by atoms with van der Waals surface area (Å²) in [6, 6.07) is 3.09.